The number of ether oxygens (including phenoxy) is 1. The smallest absolute Gasteiger partial charge is 0.137 e. The van der Waals surface area contributed by atoms with Gasteiger partial charge in [-0.15, -0.1) is 0 Å². The Morgan fingerprint density at radius 3 is 2.59 bits per heavy atom. The Balaban J connectivity index is 2.69. The molecule has 0 radical (unpaired) electrons. The highest BCUT2D eigenvalue weighted by Gasteiger charge is 2.18. The van der Waals surface area contributed by atoms with Crippen molar-refractivity contribution in [3.63, 3.8) is 0 Å². The average molecular weight is 222 g/mol. The minimum Gasteiger partial charge on any atom is -0.461 e. The van der Waals surface area contributed by atoms with E-state index in [1.54, 1.807) is 6.08 Å². The van der Waals surface area contributed by atoms with Crippen molar-refractivity contribution in [3.8, 4) is 17.9 Å². The van der Waals surface area contributed by atoms with Crippen LogP contribution in [0, 0.1) is 22.7 Å². The maximum Gasteiger partial charge on any atom is 0.137 e. The van der Waals surface area contributed by atoms with Crippen LogP contribution >= 0.6 is 0 Å². The van der Waals surface area contributed by atoms with Crippen LogP contribution in [0.15, 0.2) is 41.7 Å². The van der Waals surface area contributed by atoms with Gasteiger partial charge in [0.25, 0.3) is 0 Å². The van der Waals surface area contributed by atoms with E-state index in [1.807, 2.05) is 43.3 Å². The number of hydrogen-bond acceptors (Lipinski definition) is 3. The summed E-state index contributed by atoms with van der Waals surface area (Å²) in [7, 11) is 0. The van der Waals surface area contributed by atoms with Gasteiger partial charge in [-0.1, -0.05) is 25.1 Å². The second-order valence-corrected chi connectivity index (χ2v) is 3.57. The monoisotopic (exact) mass is 222 g/mol. The van der Waals surface area contributed by atoms with Crippen molar-refractivity contribution >= 4 is 5.57 Å². The lowest BCUT2D eigenvalue weighted by atomic mass is 9.97. The van der Waals surface area contributed by atoms with Crippen LogP contribution in [0.5, 0.6) is 5.75 Å². The molecular formula is C14H10N2O. The van der Waals surface area contributed by atoms with Gasteiger partial charge in [0.1, 0.15) is 29.2 Å². The molecule has 82 valence electrons. The van der Waals surface area contributed by atoms with Gasteiger partial charge < -0.3 is 4.74 Å². The Hall–Kier alpha value is -2.52. The molecule has 3 nitrogen and oxygen atoms in total. The highest BCUT2D eigenvalue weighted by Crippen LogP contribution is 2.35. The highest BCUT2D eigenvalue weighted by molar-refractivity contribution is 5.86. The molecule has 1 aromatic carbocycles. The summed E-state index contributed by atoms with van der Waals surface area (Å²) in [6.45, 7) is 1.97. The summed E-state index contributed by atoms with van der Waals surface area (Å²) in [5.74, 6) is 1.46. The largest absolute Gasteiger partial charge is 0.461 e. The molecule has 0 amide bonds. The first kappa shape index (κ1) is 11.0. The highest BCUT2D eigenvalue weighted by atomic mass is 16.5. The van der Waals surface area contributed by atoms with Gasteiger partial charge in [-0.3, -0.25) is 0 Å². The molecule has 1 aromatic rings. The zero-order valence-corrected chi connectivity index (χ0v) is 9.40. The molecule has 0 saturated carbocycles. The Kier molecular flexibility index (Phi) is 2.94. The summed E-state index contributed by atoms with van der Waals surface area (Å²) in [6, 6.07) is 11.3. The number of rotatable bonds is 1. The fourth-order valence-corrected chi connectivity index (χ4v) is 1.71. The Morgan fingerprint density at radius 2 is 1.94 bits per heavy atom. The molecule has 0 N–H and O–H groups in total. The SMILES string of the molecule is CCC1=CC(=C(C#N)C#N)c2ccccc2O1. The van der Waals surface area contributed by atoms with Crippen molar-refractivity contribution < 1.29 is 4.74 Å². The number of nitrogens with zero attached hydrogens (tertiary/aromatic N) is 2. The molecule has 1 aliphatic heterocycles. The molecule has 0 unspecified atom stereocenters. The molecule has 1 aliphatic rings. The number of nitriles is 2. The standard InChI is InChI=1S/C14H10N2O/c1-2-11-7-13(10(8-15)9-16)12-5-3-4-6-14(12)17-11/h3-7H,2H2,1H3. The summed E-state index contributed by atoms with van der Waals surface area (Å²) in [4.78, 5) is 0. The van der Waals surface area contributed by atoms with Crippen molar-refractivity contribution in [1.29, 1.82) is 10.5 Å². The van der Waals surface area contributed by atoms with Gasteiger partial charge in [-0.25, -0.2) is 0 Å². The fraction of sp³-hybridized carbons (Fsp3) is 0.143. The van der Waals surface area contributed by atoms with E-state index in [1.165, 1.54) is 0 Å². The van der Waals surface area contributed by atoms with E-state index in [2.05, 4.69) is 0 Å². The first-order valence-electron chi connectivity index (χ1n) is 5.32. The van der Waals surface area contributed by atoms with Crippen LogP contribution in [0.25, 0.3) is 5.57 Å². The van der Waals surface area contributed by atoms with E-state index in [9.17, 15) is 0 Å². The average Bonchev–Trinajstić information content (AvgIpc) is 2.39. The van der Waals surface area contributed by atoms with Gasteiger partial charge in [-0.2, -0.15) is 10.5 Å². The molecule has 0 spiro atoms. The molecular weight excluding hydrogens is 212 g/mol. The van der Waals surface area contributed by atoms with Crippen molar-refractivity contribution in [2.75, 3.05) is 0 Å². The van der Waals surface area contributed by atoms with E-state index < -0.39 is 0 Å². The molecule has 0 saturated heterocycles. The Bertz CT molecular complexity index is 581. The quantitative estimate of drug-likeness (QED) is 0.686. The van der Waals surface area contributed by atoms with E-state index >= 15 is 0 Å². The second-order valence-electron chi connectivity index (χ2n) is 3.57. The first-order chi connectivity index (χ1) is 8.30. The van der Waals surface area contributed by atoms with Crippen LogP contribution in [0.3, 0.4) is 0 Å². The third-order valence-corrected chi connectivity index (χ3v) is 2.57. The zero-order chi connectivity index (χ0) is 12.3. The van der Waals surface area contributed by atoms with E-state index in [0.29, 0.717) is 11.3 Å². The molecule has 0 atom stereocenters. The van der Waals surface area contributed by atoms with Crippen molar-refractivity contribution in [1.82, 2.24) is 0 Å². The molecule has 0 fully saturated rings. The van der Waals surface area contributed by atoms with E-state index in [4.69, 9.17) is 15.3 Å². The number of para-hydroxylation sites is 1. The lowest BCUT2D eigenvalue weighted by Crippen LogP contribution is -2.04. The Labute approximate surface area is 99.9 Å². The lowest BCUT2D eigenvalue weighted by molar-refractivity contribution is 0.404. The summed E-state index contributed by atoms with van der Waals surface area (Å²) < 4.78 is 5.66. The predicted molar refractivity (Wildman–Crippen MR) is 63.6 cm³/mol. The molecule has 0 aliphatic carbocycles. The summed E-state index contributed by atoms with van der Waals surface area (Å²) in [5, 5.41) is 17.9. The fourth-order valence-electron chi connectivity index (χ4n) is 1.71. The number of allylic oxidation sites excluding steroid dienone is 4. The lowest BCUT2D eigenvalue weighted by Gasteiger charge is -2.19. The molecule has 0 aromatic heterocycles. The summed E-state index contributed by atoms with van der Waals surface area (Å²) in [6.07, 6.45) is 2.49. The van der Waals surface area contributed by atoms with Crippen LogP contribution < -0.4 is 4.74 Å². The maximum absolute atomic E-state index is 8.96. The summed E-state index contributed by atoms with van der Waals surface area (Å²) >= 11 is 0. The topological polar surface area (TPSA) is 56.8 Å². The minimum absolute atomic E-state index is 0.117. The van der Waals surface area contributed by atoms with Crippen molar-refractivity contribution in [2.24, 2.45) is 0 Å². The molecule has 17 heavy (non-hydrogen) atoms. The normalized spacial score (nSPS) is 12.6. The first-order valence-corrected chi connectivity index (χ1v) is 5.32. The van der Waals surface area contributed by atoms with Gasteiger partial charge in [0, 0.05) is 17.6 Å². The van der Waals surface area contributed by atoms with Crippen LogP contribution in [0.4, 0.5) is 0 Å². The van der Waals surface area contributed by atoms with Gasteiger partial charge in [0.05, 0.1) is 0 Å². The summed E-state index contributed by atoms with van der Waals surface area (Å²) in [5.41, 5.74) is 1.56. The maximum atomic E-state index is 8.96. The van der Waals surface area contributed by atoms with Gasteiger partial charge in [0.2, 0.25) is 0 Å². The van der Waals surface area contributed by atoms with Crippen LogP contribution in [-0.4, -0.2) is 0 Å². The number of fused-ring (bicyclic) bond motifs is 1. The van der Waals surface area contributed by atoms with E-state index in [-0.39, 0.29) is 5.57 Å². The van der Waals surface area contributed by atoms with Crippen molar-refractivity contribution in [2.45, 2.75) is 13.3 Å². The van der Waals surface area contributed by atoms with Crippen LogP contribution in [0.2, 0.25) is 0 Å². The second kappa shape index (κ2) is 4.55. The molecule has 0 bridgehead atoms. The van der Waals surface area contributed by atoms with Crippen molar-refractivity contribution in [3.05, 3.63) is 47.2 Å². The molecule has 3 heteroatoms. The number of hydrogen-bond donors (Lipinski definition) is 0. The molecule has 2 rings (SSSR count). The van der Waals surface area contributed by atoms with E-state index in [0.717, 1.165) is 17.7 Å². The predicted octanol–water partition coefficient (Wildman–Crippen LogP) is 3.17. The Morgan fingerprint density at radius 1 is 1.24 bits per heavy atom. The zero-order valence-electron chi connectivity index (χ0n) is 9.40. The van der Waals surface area contributed by atoms with Gasteiger partial charge in [0.15, 0.2) is 0 Å². The van der Waals surface area contributed by atoms with Gasteiger partial charge in [-0.05, 0) is 12.1 Å². The third kappa shape index (κ3) is 1.91. The number of benzene rings is 1. The van der Waals surface area contributed by atoms with Gasteiger partial charge >= 0.3 is 0 Å². The van der Waals surface area contributed by atoms with Crippen LogP contribution in [-0.2, 0) is 0 Å². The minimum atomic E-state index is 0.117. The van der Waals surface area contributed by atoms with Crippen LogP contribution in [0.1, 0.15) is 18.9 Å². The molecule has 1 heterocycles. The third-order valence-electron chi connectivity index (χ3n) is 2.57.